The summed E-state index contributed by atoms with van der Waals surface area (Å²) in [5.41, 5.74) is 0.173. The molecule has 0 saturated carbocycles. The monoisotopic (exact) mass is 215 g/mol. The highest BCUT2D eigenvalue weighted by Crippen LogP contribution is 2.35. The molecular weight excluding hydrogens is 207 g/mol. The Morgan fingerprint density at radius 3 is 2.60 bits per heavy atom. The van der Waals surface area contributed by atoms with Gasteiger partial charge in [0.05, 0.1) is 5.52 Å². The first-order valence-electron chi connectivity index (χ1n) is 4.31. The minimum atomic E-state index is -4.64. The van der Waals surface area contributed by atoms with E-state index in [1.165, 1.54) is 18.3 Å². The van der Waals surface area contributed by atoms with Gasteiger partial charge in [0.15, 0.2) is 6.10 Å². The van der Waals surface area contributed by atoms with Gasteiger partial charge >= 0.3 is 6.18 Å². The number of rotatable bonds is 1. The number of alkyl halides is 3. The van der Waals surface area contributed by atoms with Crippen LogP contribution in [0.3, 0.4) is 0 Å². The lowest BCUT2D eigenvalue weighted by atomic mass is 10.1. The van der Waals surface area contributed by atoms with Gasteiger partial charge in [-0.3, -0.25) is 0 Å². The Morgan fingerprint density at radius 2 is 1.93 bits per heavy atom. The molecule has 0 aliphatic heterocycles. The van der Waals surface area contributed by atoms with Crippen molar-refractivity contribution in [2.45, 2.75) is 12.3 Å². The smallest absolute Gasteiger partial charge is 0.379 e. The number of halogens is 3. The van der Waals surface area contributed by atoms with Gasteiger partial charge < -0.3 is 10.1 Å². The maximum atomic E-state index is 12.3. The second-order valence-corrected chi connectivity index (χ2v) is 3.23. The number of aliphatic hydroxyl groups is 1. The fourth-order valence-corrected chi connectivity index (χ4v) is 1.51. The number of nitrogens with one attached hydrogen (secondary N) is 1. The Kier molecular flexibility index (Phi) is 2.19. The van der Waals surface area contributed by atoms with Crippen LogP contribution in [0.5, 0.6) is 0 Å². The highest BCUT2D eigenvalue weighted by atomic mass is 19.4. The van der Waals surface area contributed by atoms with E-state index in [1.807, 2.05) is 0 Å². The molecule has 2 aromatic rings. The van der Waals surface area contributed by atoms with Crippen molar-refractivity contribution in [2.24, 2.45) is 0 Å². The van der Waals surface area contributed by atoms with Crippen LogP contribution in [-0.4, -0.2) is 16.3 Å². The van der Waals surface area contributed by atoms with Crippen molar-refractivity contribution in [3.63, 3.8) is 0 Å². The fourth-order valence-electron chi connectivity index (χ4n) is 1.51. The third-order valence-corrected chi connectivity index (χ3v) is 2.22. The van der Waals surface area contributed by atoms with Gasteiger partial charge in [-0.25, -0.2) is 0 Å². The van der Waals surface area contributed by atoms with Crippen LogP contribution >= 0.6 is 0 Å². The van der Waals surface area contributed by atoms with Crippen molar-refractivity contribution >= 4 is 10.9 Å². The molecule has 0 bridgehead atoms. The summed E-state index contributed by atoms with van der Waals surface area (Å²) < 4.78 is 36.9. The van der Waals surface area contributed by atoms with E-state index in [2.05, 4.69) is 4.98 Å². The average Bonchev–Trinajstić information content (AvgIpc) is 2.62. The molecule has 2 rings (SSSR count). The molecule has 1 atom stereocenters. The van der Waals surface area contributed by atoms with Crippen LogP contribution in [0.1, 0.15) is 11.7 Å². The standard InChI is InChI=1S/C10H8F3NO/c11-10(12,13)9(15)7-3-1-2-6-4-5-14-8(6)7/h1-5,9,14-15H/t9-/m1/s1. The summed E-state index contributed by atoms with van der Waals surface area (Å²) in [4.78, 5) is 2.68. The fraction of sp³-hybridized carbons (Fsp3) is 0.200. The van der Waals surface area contributed by atoms with Crippen molar-refractivity contribution in [1.29, 1.82) is 0 Å². The molecule has 80 valence electrons. The first kappa shape index (κ1) is 10.0. The number of aliphatic hydroxyl groups excluding tert-OH is 1. The van der Waals surface area contributed by atoms with Gasteiger partial charge in [-0.1, -0.05) is 18.2 Å². The molecule has 0 aliphatic carbocycles. The molecule has 2 nitrogen and oxygen atoms in total. The van der Waals surface area contributed by atoms with E-state index in [4.69, 9.17) is 5.11 Å². The van der Waals surface area contributed by atoms with E-state index in [0.717, 1.165) is 0 Å². The first-order valence-corrected chi connectivity index (χ1v) is 4.31. The molecule has 0 spiro atoms. The van der Waals surface area contributed by atoms with Gasteiger partial charge in [0.25, 0.3) is 0 Å². The SMILES string of the molecule is O[C@H](c1cccc2cc[nH]c12)C(F)(F)F. The number of H-pyrrole nitrogens is 1. The Labute approximate surface area is 83.3 Å². The quantitative estimate of drug-likeness (QED) is 0.753. The topological polar surface area (TPSA) is 36.0 Å². The molecule has 0 fully saturated rings. The summed E-state index contributed by atoms with van der Waals surface area (Å²) in [6, 6.07) is 6.08. The molecule has 0 amide bonds. The number of para-hydroxylation sites is 1. The molecule has 1 heterocycles. The van der Waals surface area contributed by atoms with E-state index in [0.29, 0.717) is 10.9 Å². The van der Waals surface area contributed by atoms with E-state index >= 15 is 0 Å². The molecule has 1 aromatic carbocycles. The van der Waals surface area contributed by atoms with Crippen LogP contribution < -0.4 is 0 Å². The van der Waals surface area contributed by atoms with Gasteiger partial charge in [0.1, 0.15) is 0 Å². The second-order valence-electron chi connectivity index (χ2n) is 3.23. The van der Waals surface area contributed by atoms with Crippen LogP contribution in [0.15, 0.2) is 30.5 Å². The van der Waals surface area contributed by atoms with Crippen molar-refractivity contribution < 1.29 is 18.3 Å². The number of aromatic amines is 1. The predicted octanol–water partition coefficient (Wildman–Crippen LogP) is 2.76. The third-order valence-electron chi connectivity index (χ3n) is 2.22. The number of benzene rings is 1. The van der Waals surface area contributed by atoms with Crippen molar-refractivity contribution in [3.05, 3.63) is 36.0 Å². The molecule has 1 aromatic heterocycles. The normalized spacial score (nSPS) is 14.4. The largest absolute Gasteiger partial charge is 0.418 e. The van der Waals surface area contributed by atoms with Crippen LogP contribution in [-0.2, 0) is 0 Å². The summed E-state index contributed by atoms with van der Waals surface area (Å²) >= 11 is 0. The minimum Gasteiger partial charge on any atom is -0.379 e. The Morgan fingerprint density at radius 1 is 1.20 bits per heavy atom. The molecule has 15 heavy (non-hydrogen) atoms. The lowest BCUT2D eigenvalue weighted by Crippen LogP contribution is -2.20. The number of hydrogen-bond acceptors (Lipinski definition) is 1. The Balaban J connectivity index is 2.56. The minimum absolute atomic E-state index is 0.148. The van der Waals surface area contributed by atoms with Crippen LogP contribution in [0.2, 0.25) is 0 Å². The summed E-state index contributed by atoms with van der Waals surface area (Å²) in [5, 5.41) is 9.78. The Bertz CT molecular complexity index is 475. The summed E-state index contributed by atoms with van der Waals surface area (Å²) in [6.45, 7) is 0. The second kappa shape index (κ2) is 3.27. The summed E-state index contributed by atoms with van der Waals surface area (Å²) in [6.07, 6.45) is -5.55. The van der Waals surface area contributed by atoms with Gasteiger partial charge in [-0.2, -0.15) is 13.2 Å². The molecule has 5 heteroatoms. The van der Waals surface area contributed by atoms with Crippen LogP contribution in [0.25, 0.3) is 10.9 Å². The highest BCUT2D eigenvalue weighted by Gasteiger charge is 2.40. The Hall–Kier alpha value is -1.49. The molecule has 0 saturated heterocycles. The van der Waals surface area contributed by atoms with Crippen molar-refractivity contribution in [1.82, 2.24) is 4.98 Å². The van der Waals surface area contributed by atoms with Gasteiger partial charge in [0, 0.05) is 11.8 Å². The van der Waals surface area contributed by atoms with Gasteiger partial charge in [0.2, 0.25) is 0 Å². The summed E-state index contributed by atoms with van der Waals surface area (Å²) in [7, 11) is 0. The number of fused-ring (bicyclic) bond motifs is 1. The lowest BCUT2D eigenvalue weighted by molar-refractivity contribution is -0.206. The van der Waals surface area contributed by atoms with Gasteiger partial charge in [-0.05, 0) is 11.5 Å². The van der Waals surface area contributed by atoms with Crippen LogP contribution in [0.4, 0.5) is 13.2 Å². The van der Waals surface area contributed by atoms with Crippen molar-refractivity contribution in [2.75, 3.05) is 0 Å². The molecule has 0 unspecified atom stereocenters. The molecule has 0 aliphatic rings. The summed E-state index contributed by atoms with van der Waals surface area (Å²) in [5.74, 6) is 0. The van der Waals surface area contributed by atoms with E-state index in [-0.39, 0.29) is 5.56 Å². The maximum absolute atomic E-state index is 12.3. The number of aromatic nitrogens is 1. The zero-order chi connectivity index (χ0) is 11.1. The van der Waals surface area contributed by atoms with E-state index < -0.39 is 12.3 Å². The maximum Gasteiger partial charge on any atom is 0.418 e. The highest BCUT2D eigenvalue weighted by molar-refractivity contribution is 5.82. The molecule has 2 N–H and O–H groups in total. The molecule has 0 radical (unpaired) electrons. The lowest BCUT2D eigenvalue weighted by Gasteiger charge is -2.15. The number of hydrogen-bond donors (Lipinski definition) is 2. The first-order chi connectivity index (χ1) is 7.00. The predicted molar refractivity (Wildman–Crippen MR) is 49.3 cm³/mol. The van der Waals surface area contributed by atoms with Gasteiger partial charge in [-0.15, -0.1) is 0 Å². The zero-order valence-corrected chi connectivity index (χ0v) is 7.55. The van der Waals surface area contributed by atoms with Crippen LogP contribution in [0, 0.1) is 0 Å². The zero-order valence-electron chi connectivity index (χ0n) is 7.55. The van der Waals surface area contributed by atoms with E-state index in [9.17, 15) is 13.2 Å². The molecular formula is C10H8F3NO. The third kappa shape index (κ3) is 1.70. The van der Waals surface area contributed by atoms with Crippen molar-refractivity contribution in [3.8, 4) is 0 Å². The average molecular weight is 215 g/mol. The van der Waals surface area contributed by atoms with E-state index in [1.54, 1.807) is 12.1 Å².